The average Bonchev–Trinajstić information content (AvgIpc) is 3.36. The Morgan fingerprint density at radius 1 is 1.23 bits per heavy atom. The van der Waals surface area contributed by atoms with Gasteiger partial charge >= 0.3 is 11.8 Å². The number of aryl methyl sites for hydroxylation is 1. The molecule has 2 aromatic rings. The molecule has 1 saturated heterocycles. The molecule has 35 heavy (non-hydrogen) atoms. The summed E-state index contributed by atoms with van der Waals surface area (Å²) in [6.45, 7) is 2.66. The van der Waals surface area contributed by atoms with Gasteiger partial charge in [-0.2, -0.15) is 5.10 Å². The molecular weight excluding hydrogens is 567 g/mol. The maximum atomic E-state index is 12.3. The van der Waals surface area contributed by atoms with Crippen molar-refractivity contribution in [2.45, 2.75) is 25.9 Å². The minimum Gasteiger partial charge on any atom is -0.493 e. The quantitative estimate of drug-likeness (QED) is 0.177. The topological polar surface area (TPSA) is 127 Å². The monoisotopic (exact) mass is 594 g/mol. The van der Waals surface area contributed by atoms with Crippen molar-refractivity contribution in [3.63, 3.8) is 0 Å². The predicted octanol–water partition coefficient (Wildman–Crippen LogP) is 2.37. The van der Waals surface area contributed by atoms with Crippen LogP contribution in [0.3, 0.4) is 0 Å². The summed E-state index contributed by atoms with van der Waals surface area (Å²) in [5, 5.41) is 9.18. The molecular formula is C24H27IN4O6. The zero-order valence-electron chi connectivity index (χ0n) is 19.4. The summed E-state index contributed by atoms with van der Waals surface area (Å²) in [5.41, 5.74) is 4.46. The Balaban J connectivity index is 1.53. The van der Waals surface area contributed by atoms with Gasteiger partial charge in [0.1, 0.15) is 0 Å². The van der Waals surface area contributed by atoms with Gasteiger partial charge in [0.15, 0.2) is 18.1 Å². The van der Waals surface area contributed by atoms with E-state index in [2.05, 4.69) is 43.8 Å². The SMILES string of the molecule is COc1cc(/C=N\NC(=O)C(=O)NC[C@@H]2CCCO2)cc(I)c1OCC(=O)Nc1ccccc1C. The van der Waals surface area contributed by atoms with Crippen LogP contribution < -0.4 is 25.5 Å². The Bertz CT molecular complexity index is 1100. The summed E-state index contributed by atoms with van der Waals surface area (Å²) in [7, 11) is 1.48. The second kappa shape index (κ2) is 13.0. The maximum absolute atomic E-state index is 12.3. The molecule has 1 aliphatic heterocycles. The van der Waals surface area contributed by atoms with Gasteiger partial charge < -0.3 is 24.8 Å². The molecule has 2 aromatic carbocycles. The van der Waals surface area contributed by atoms with Crippen LogP contribution in [0.25, 0.3) is 0 Å². The normalized spacial score (nSPS) is 15.0. The number of hydrogen-bond donors (Lipinski definition) is 3. The number of hydrogen-bond acceptors (Lipinski definition) is 7. The molecule has 11 heteroatoms. The van der Waals surface area contributed by atoms with Crippen molar-refractivity contribution in [3.8, 4) is 11.5 Å². The molecule has 0 spiro atoms. The number of methoxy groups -OCH3 is 1. The van der Waals surface area contributed by atoms with Gasteiger partial charge in [-0.1, -0.05) is 18.2 Å². The van der Waals surface area contributed by atoms with Gasteiger partial charge in [0.2, 0.25) is 0 Å². The van der Waals surface area contributed by atoms with Crippen molar-refractivity contribution in [2.75, 3.05) is 32.2 Å². The first-order chi connectivity index (χ1) is 16.9. The molecule has 1 atom stereocenters. The van der Waals surface area contributed by atoms with Crippen LogP contribution in [0.15, 0.2) is 41.5 Å². The number of nitrogens with zero attached hydrogens (tertiary/aromatic N) is 1. The number of benzene rings is 2. The molecule has 0 radical (unpaired) electrons. The number of rotatable bonds is 9. The van der Waals surface area contributed by atoms with Crippen LogP contribution in [0.5, 0.6) is 11.5 Å². The predicted molar refractivity (Wildman–Crippen MR) is 139 cm³/mol. The van der Waals surface area contributed by atoms with Crippen molar-refractivity contribution in [3.05, 3.63) is 51.1 Å². The van der Waals surface area contributed by atoms with Crippen LogP contribution in [0, 0.1) is 10.5 Å². The van der Waals surface area contributed by atoms with Crippen molar-refractivity contribution in [1.29, 1.82) is 0 Å². The number of nitrogens with one attached hydrogen (secondary N) is 3. The molecule has 0 unspecified atom stereocenters. The van der Waals surface area contributed by atoms with E-state index in [0.29, 0.717) is 27.2 Å². The van der Waals surface area contributed by atoms with Crippen LogP contribution >= 0.6 is 22.6 Å². The molecule has 1 fully saturated rings. The third-order valence-electron chi connectivity index (χ3n) is 5.12. The van der Waals surface area contributed by atoms with Gasteiger partial charge in [0, 0.05) is 18.8 Å². The number of hydrazone groups is 1. The van der Waals surface area contributed by atoms with Crippen molar-refractivity contribution in [2.24, 2.45) is 5.10 Å². The molecule has 3 rings (SSSR count). The van der Waals surface area contributed by atoms with Gasteiger partial charge in [0.25, 0.3) is 5.91 Å². The summed E-state index contributed by atoms with van der Waals surface area (Å²) in [4.78, 5) is 36.1. The van der Waals surface area contributed by atoms with Gasteiger partial charge in [0.05, 0.1) is 23.0 Å². The fraction of sp³-hybridized carbons (Fsp3) is 0.333. The molecule has 0 aliphatic carbocycles. The Labute approximate surface area is 216 Å². The Morgan fingerprint density at radius 2 is 2.03 bits per heavy atom. The first-order valence-corrected chi connectivity index (χ1v) is 12.0. The van der Waals surface area contributed by atoms with Gasteiger partial charge in [-0.25, -0.2) is 5.43 Å². The lowest BCUT2D eigenvalue weighted by atomic mass is 10.2. The zero-order valence-corrected chi connectivity index (χ0v) is 21.6. The lowest BCUT2D eigenvalue weighted by Crippen LogP contribution is -2.41. The van der Waals surface area contributed by atoms with E-state index in [0.717, 1.165) is 24.1 Å². The molecule has 0 bridgehead atoms. The molecule has 1 aliphatic rings. The van der Waals surface area contributed by atoms with E-state index in [1.54, 1.807) is 12.1 Å². The minimum absolute atomic E-state index is 0.0564. The summed E-state index contributed by atoms with van der Waals surface area (Å²) >= 11 is 2.05. The highest BCUT2D eigenvalue weighted by molar-refractivity contribution is 14.1. The number of carbonyl (C=O) groups is 3. The lowest BCUT2D eigenvalue weighted by Gasteiger charge is -2.14. The van der Waals surface area contributed by atoms with E-state index in [1.807, 2.05) is 31.2 Å². The van der Waals surface area contributed by atoms with E-state index in [9.17, 15) is 14.4 Å². The lowest BCUT2D eigenvalue weighted by molar-refractivity contribution is -0.139. The summed E-state index contributed by atoms with van der Waals surface area (Å²) in [6.07, 6.45) is 3.13. The second-order valence-corrected chi connectivity index (χ2v) is 8.89. The van der Waals surface area contributed by atoms with E-state index >= 15 is 0 Å². The van der Waals surface area contributed by atoms with E-state index in [4.69, 9.17) is 14.2 Å². The Kier molecular flexibility index (Phi) is 9.85. The largest absolute Gasteiger partial charge is 0.493 e. The first kappa shape index (κ1) is 26.4. The van der Waals surface area contributed by atoms with Gasteiger partial charge in [-0.3, -0.25) is 14.4 Å². The molecule has 186 valence electrons. The van der Waals surface area contributed by atoms with Crippen LogP contribution in [0.4, 0.5) is 5.69 Å². The van der Waals surface area contributed by atoms with Crippen LogP contribution in [0.1, 0.15) is 24.0 Å². The number of amides is 3. The highest BCUT2D eigenvalue weighted by atomic mass is 127. The summed E-state index contributed by atoms with van der Waals surface area (Å²) in [5.74, 6) is -1.16. The number of carbonyl (C=O) groups excluding carboxylic acids is 3. The molecule has 3 amide bonds. The maximum Gasteiger partial charge on any atom is 0.329 e. The van der Waals surface area contributed by atoms with Gasteiger partial charge in [-0.15, -0.1) is 0 Å². The number of halogens is 1. The highest BCUT2D eigenvalue weighted by Gasteiger charge is 2.19. The minimum atomic E-state index is -0.875. The van der Waals surface area contributed by atoms with Crippen LogP contribution in [-0.2, 0) is 19.1 Å². The number of anilines is 1. The third kappa shape index (κ3) is 7.92. The van der Waals surface area contributed by atoms with Crippen LogP contribution in [-0.4, -0.2) is 56.9 Å². The van der Waals surface area contributed by atoms with Gasteiger partial charge in [-0.05, 0) is 71.7 Å². The number of ether oxygens (including phenoxy) is 3. The molecule has 1 heterocycles. The molecule has 0 saturated carbocycles. The van der Waals surface area contributed by atoms with Crippen molar-refractivity contribution in [1.82, 2.24) is 10.7 Å². The number of para-hydroxylation sites is 1. The average molecular weight is 594 g/mol. The first-order valence-electron chi connectivity index (χ1n) is 11.0. The molecule has 10 nitrogen and oxygen atoms in total. The third-order valence-corrected chi connectivity index (χ3v) is 5.92. The van der Waals surface area contributed by atoms with Crippen molar-refractivity contribution < 1.29 is 28.6 Å². The summed E-state index contributed by atoms with van der Waals surface area (Å²) < 4.78 is 17.2. The van der Waals surface area contributed by atoms with E-state index in [-0.39, 0.29) is 25.2 Å². The Morgan fingerprint density at radius 3 is 2.74 bits per heavy atom. The zero-order chi connectivity index (χ0) is 25.2. The van der Waals surface area contributed by atoms with Crippen LogP contribution in [0.2, 0.25) is 0 Å². The fourth-order valence-electron chi connectivity index (χ4n) is 3.30. The summed E-state index contributed by atoms with van der Waals surface area (Å²) in [6, 6.07) is 10.8. The van der Waals surface area contributed by atoms with Crippen molar-refractivity contribution >= 4 is 52.2 Å². The molecule has 3 N–H and O–H groups in total. The molecule has 0 aromatic heterocycles. The smallest absolute Gasteiger partial charge is 0.329 e. The highest BCUT2D eigenvalue weighted by Crippen LogP contribution is 2.33. The Hall–Kier alpha value is -3.19. The second-order valence-electron chi connectivity index (χ2n) is 7.73. The van der Waals surface area contributed by atoms with E-state index in [1.165, 1.54) is 13.3 Å². The fourth-order valence-corrected chi connectivity index (χ4v) is 4.08. The standard InChI is InChI=1S/C24H27IN4O6/c1-15-6-3-4-8-19(15)28-21(30)14-35-22-18(25)10-16(11-20(22)33-2)12-27-29-24(32)23(31)26-13-17-7-5-9-34-17/h3-4,6,8,10-12,17H,5,7,9,13-14H2,1-2H3,(H,26,31)(H,28,30)(H,29,32)/b27-12-/t17-/m0/s1. The van der Waals surface area contributed by atoms with E-state index < -0.39 is 11.8 Å².